The molecule has 0 aliphatic rings. The van der Waals surface area contributed by atoms with Gasteiger partial charge in [0.25, 0.3) is 0 Å². The summed E-state index contributed by atoms with van der Waals surface area (Å²) >= 11 is 0. The lowest BCUT2D eigenvalue weighted by molar-refractivity contribution is 1.35. The molecule has 3 heteroatoms. The van der Waals surface area contributed by atoms with Gasteiger partial charge in [0.05, 0.1) is 7.59 Å². The summed E-state index contributed by atoms with van der Waals surface area (Å²) in [7, 11) is -6.47. The predicted octanol–water partition coefficient (Wildman–Crippen LogP) is 6.70. The number of hydrogen-bond acceptors (Lipinski definition) is 0. The average molecular weight is 593 g/mol. The van der Waals surface area contributed by atoms with E-state index in [9.17, 15) is 0 Å². The van der Waals surface area contributed by atoms with E-state index in [1.807, 2.05) is 0 Å². The van der Waals surface area contributed by atoms with Crippen molar-refractivity contribution in [2.45, 2.75) is 32.2 Å². The molecule has 0 aliphatic heterocycles. The molecule has 0 aliphatic carbocycles. The fraction of sp³-hybridized carbons (Fsp3) is 0.128. The first kappa shape index (κ1) is 28.4. The van der Waals surface area contributed by atoms with Crippen LogP contribution < -0.4 is 25.9 Å². The van der Waals surface area contributed by atoms with Gasteiger partial charge in [-0.2, -0.15) is 0 Å². The van der Waals surface area contributed by atoms with Crippen LogP contribution in [0.5, 0.6) is 0 Å². The number of benzene rings is 6. The molecule has 1 atom stereocenters. The highest BCUT2D eigenvalue weighted by molar-refractivity contribution is 7.55. The van der Waals surface area contributed by atoms with E-state index in [1.165, 1.54) is 26.7 Å². The number of hydrogen-bond donors (Lipinski definition) is 0. The minimum absolute atomic E-state index is 1.09. The van der Waals surface area contributed by atoms with Crippen LogP contribution in [0.1, 0.15) is 5.56 Å². The molecule has 6 aromatic carbocycles. The predicted molar refractivity (Wildman–Crippen MR) is 192 cm³/mol. The summed E-state index contributed by atoms with van der Waals surface area (Å²) in [6.07, 6.45) is 0. The largest absolute Gasteiger partial charge is 0.119 e. The molecule has 0 heterocycles. The van der Waals surface area contributed by atoms with Crippen molar-refractivity contribution in [3.8, 4) is 0 Å². The van der Waals surface area contributed by atoms with E-state index in [0.29, 0.717) is 0 Å². The molecular weight excluding hydrogens is 553 g/mol. The number of rotatable bonds is 8. The summed E-state index contributed by atoms with van der Waals surface area (Å²) in [5.41, 5.74) is 1.54. The lowest BCUT2D eigenvalue weighted by Crippen LogP contribution is -2.77. The van der Waals surface area contributed by atoms with Gasteiger partial charge in [-0.05, 0) is 22.0 Å². The molecule has 0 aromatic heterocycles. The van der Waals surface area contributed by atoms with Crippen molar-refractivity contribution in [1.29, 1.82) is 0 Å². The van der Waals surface area contributed by atoms with Crippen molar-refractivity contribution in [3.63, 3.8) is 0 Å². The summed E-state index contributed by atoms with van der Waals surface area (Å²) in [5.74, 6) is 0. The SMILES string of the molecule is C[Si](Cc1ccccc1[Si](C)(c1cccc2ccccc12)[Si](C)(C)c1ccccc1)(c1ccccc1)c1ccccc1. The molecule has 1 unspecified atom stereocenters. The zero-order valence-electron chi connectivity index (χ0n) is 25.2. The zero-order chi connectivity index (χ0) is 29.2. The summed E-state index contributed by atoms with van der Waals surface area (Å²) in [4.78, 5) is 0. The fourth-order valence-electron chi connectivity index (χ4n) is 7.15. The van der Waals surface area contributed by atoms with Crippen LogP contribution in [0.15, 0.2) is 158 Å². The molecule has 0 spiro atoms. The monoisotopic (exact) mass is 592 g/mol. The molecule has 0 N–H and O–H groups in total. The smallest absolute Gasteiger partial charge is 0.0668 e. The zero-order valence-corrected chi connectivity index (χ0v) is 28.2. The van der Waals surface area contributed by atoms with Crippen molar-refractivity contribution in [3.05, 3.63) is 163 Å². The van der Waals surface area contributed by atoms with Crippen molar-refractivity contribution in [1.82, 2.24) is 0 Å². The third-order valence-corrected chi connectivity index (χ3v) is 31.6. The molecule has 42 heavy (non-hydrogen) atoms. The second kappa shape index (κ2) is 11.5. The van der Waals surface area contributed by atoms with E-state index < -0.39 is 23.3 Å². The first-order valence-corrected chi connectivity index (χ1v) is 24.3. The Morgan fingerprint density at radius 2 is 0.857 bits per heavy atom. The molecule has 0 radical (unpaired) electrons. The van der Waals surface area contributed by atoms with Gasteiger partial charge in [-0.1, -0.05) is 210 Å². The minimum atomic E-state index is -2.32. The quantitative estimate of drug-likeness (QED) is 0.173. The van der Waals surface area contributed by atoms with Crippen LogP contribution in [0.4, 0.5) is 0 Å². The normalized spacial score (nSPS) is 13.5. The maximum absolute atomic E-state index is 2.69. The minimum Gasteiger partial charge on any atom is -0.0668 e. The average Bonchev–Trinajstić information content (AvgIpc) is 3.05. The van der Waals surface area contributed by atoms with Gasteiger partial charge in [-0.3, -0.25) is 0 Å². The van der Waals surface area contributed by atoms with Crippen LogP contribution in [0.2, 0.25) is 26.2 Å². The summed E-state index contributed by atoms with van der Waals surface area (Å²) in [6, 6.07) is 60.8. The molecule has 0 bridgehead atoms. The molecule has 6 rings (SSSR count). The third-order valence-electron chi connectivity index (χ3n) is 10.00. The van der Waals surface area contributed by atoms with Crippen LogP contribution in [-0.4, -0.2) is 23.3 Å². The lowest BCUT2D eigenvalue weighted by atomic mass is 10.1. The van der Waals surface area contributed by atoms with E-state index >= 15 is 0 Å². The van der Waals surface area contributed by atoms with Gasteiger partial charge in [0.15, 0.2) is 0 Å². The van der Waals surface area contributed by atoms with Crippen molar-refractivity contribution in [2.75, 3.05) is 0 Å². The highest BCUT2D eigenvalue weighted by atomic mass is 29.3. The highest BCUT2D eigenvalue weighted by Crippen LogP contribution is 2.26. The fourth-order valence-corrected chi connectivity index (χ4v) is 24.3. The Balaban J connectivity index is 1.62. The van der Waals surface area contributed by atoms with Gasteiger partial charge < -0.3 is 0 Å². The molecule has 0 saturated heterocycles. The van der Waals surface area contributed by atoms with Crippen molar-refractivity contribution < 1.29 is 0 Å². The second-order valence-corrected chi connectivity index (χ2v) is 30.6. The maximum Gasteiger partial charge on any atom is 0.119 e. The summed E-state index contributed by atoms with van der Waals surface area (Å²) in [6.45, 7) is 10.5. The standard InChI is InChI=1S/C39H40Si3/c1-40(2,34-22-8-5-9-23-34)42(4,39-30-18-21-32-19-14-16-28-37(32)39)38-29-17-15-20-33(38)31-41(3,35-24-10-6-11-25-35)36-26-12-7-13-27-36/h5-30H,31H2,1-4H3. The maximum atomic E-state index is 2.69. The van der Waals surface area contributed by atoms with Crippen LogP contribution in [0.25, 0.3) is 10.8 Å². The molecule has 0 amide bonds. The van der Waals surface area contributed by atoms with Gasteiger partial charge in [0, 0.05) is 0 Å². The van der Waals surface area contributed by atoms with E-state index in [0.717, 1.165) is 6.04 Å². The summed E-state index contributed by atoms with van der Waals surface area (Å²) in [5, 5.41) is 10.5. The van der Waals surface area contributed by atoms with Crippen LogP contribution in [0, 0.1) is 0 Å². The van der Waals surface area contributed by atoms with E-state index in [-0.39, 0.29) is 0 Å². The Morgan fingerprint density at radius 3 is 1.48 bits per heavy atom. The molecule has 0 nitrogen and oxygen atoms in total. The highest BCUT2D eigenvalue weighted by Gasteiger charge is 2.50. The van der Waals surface area contributed by atoms with Gasteiger partial charge >= 0.3 is 0 Å². The molecule has 208 valence electrons. The first-order valence-electron chi connectivity index (χ1n) is 15.1. The van der Waals surface area contributed by atoms with Crippen LogP contribution >= 0.6 is 0 Å². The lowest BCUT2D eigenvalue weighted by Gasteiger charge is -2.45. The van der Waals surface area contributed by atoms with Crippen LogP contribution in [-0.2, 0) is 6.04 Å². The summed E-state index contributed by atoms with van der Waals surface area (Å²) < 4.78 is 0. The molecule has 0 fully saturated rings. The Morgan fingerprint density at radius 1 is 0.405 bits per heavy atom. The Hall–Kier alpha value is -3.77. The second-order valence-electron chi connectivity index (χ2n) is 12.5. The van der Waals surface area contributed by atoms with Gasteiger partial charge in [0.2, 0.25) is 0 Å². The topological polar surface area (TPSA) is 0 Å². The van der Waals surface area contributed by atoms with Gasteiger partial charge in [0.1, 0.15) is 15.7 Å². The van der Waals surface area contributed by atoms with Gasteiger partial charge in [-0.25, -0.2) is 0 Å². The van der Waals surface area contributed by atoms with Crippen LogP contribution in [0.3, 0.4) is 0 Å². The first-order chi connectivity index (χ1) is 20.4. The molecular formula is C39H40Si3. The Bertz CT molecular complexity index is 1750. The van der Waals surface area contributed by atoms with E-state index in [1.54, 1.807) is 15.6 Å². The third kappa shape index (κ3) is 4.86. The number of fused-ring (bicyclic) bond motifs is 1. The Labute approximate surface area is 254 Å². The van der Waals surface area contributed by atoms with Crippen molar-refractivity contribution in [2.24, 2.45) is 0 Å². The Kier molecular flexibility index (Phi) is 7.75. The molecule has 6 aromatic rings. The van der Waals surface area contributed by atoms with E-state index in [4.69, 9.17) is 0 Å². The molecule has 0 saturated carbocycles. The van der Waals surface area contributed by atoms with Crippen molar-refractivity contribution >= 4 is 60.0 Å². The van der Waals surface area contributed by atoms with E-state index in [2.05, 4.69) is 184 Å². The van der Waals surface area contributed by atoms with Gasteiger partial charge in [-0.15, -0.1) is 0 Å².